The van der Waals surface area contributed by atoms with Crippen LogP contribution in [0.4, 0.5) is 0 Å². The van der Waals surface area contributed by atoms with Crippen molar-refractivity contribution >= 4 is 5.97 Å². The Morgan fingerprint density at radius 3 is 1.45 bits per heavy atom. The zero-order valence-corrected chi connectivity index (χ0v) is 13.6. The normalized spacial score (nSPS) is 10.7. The van der Waals surface area contributed by atoms with Gasteiger partial charge in [0.25, 0.3) is 0 Å². The number of carbonyl (C=O) groups excluding carboxylic acids is 1. The van der Waals surface area contributed by atoms with E-state index in [-0.39, 0.29) is 5.56 Å². The number of hydrogen-bond acceptors (Lipinski definition) is 6. The van der Waals surface area contributed by atoms with Crippen molar-refractivity contribution in [1.82, 2.24) is 0 Å². The lowest BCUT2D eigenvalue weighted by Gasteiger charge is -2.23. The summed E-state index contributed by atoms with van der Waals surface area (Å²) >= 11 is 0. The highest BCUT2D eigenvalue weighted by Crippen LogP contribution is 2.12. The summed E-state index contributed by atoms with van der Waals surface area (Å²) in [5, 5.41) is 9.46. The Labute approximate surface area is 131 Å². The summed E-state index contributed by atoms with van der Waals surface area (Å²) in [5.74, 6) is -1.13. The van der Waals surface area contributed by atoms with Crippen LogP contribution in [0.3, 0.4) is 0 Å². The quantitative estimate of drug-likeness (QED) is 0.509. The topological polar surface area (TPSA) is 77.0 Å². The molecular weight excluding hydrogens is 290 g/mol. The van der Waals surface area contributed by atoms with Crippen LogP contribution < -0.4 is 5.11 Å². The number of rotatable bonds is 9. The molecule has 1 rings (SSSR count). The molecule has 0 saturated heterocycles. The van der Waals surface area contributed by atoms with Crippen LogP contribution in [0.25, 0.3) is 0 Å². The van der Waals surface area contributed by atoms with Crippen LogP contribution in [0.2, 0.25) is 0 Å². The van der Waals surface area contributed by atoms with Crippen LogP contribution >= 0.6 is 0 Å². The number of quaternary nitrogens is 1. The maximum atomic E-state index is 10.1. The molecule has 126 valence electrons. The number of aromatic carboxylic acids is 1. The predicted molar refractivity (Wildman–Crippen MR) is 77.5 cm³/mol. The first-order valence-corrected chi connectivity index (χ1v) is 7.28. The standard InChI is InChI=1S/C8H20NO4.C7H6O2/c1-5-10-9(11-6-2,12-7-3)13-8-4;8-7(9)6-4-2-1-3-5-6/h5-8H2,1-4H3;1-5H,(H,8,9)/q+1;/p-1. The molecule has 7 nitrogen and oxygen atoms in total. The highest BCUT2D eigenvalue weighted by atomic mass is 17.4. The molecule has 0 saturated carbocycles. The van der Waals surface area contributed by atoms with E-state index in [4.69, 9.17) is 19.4 Å². The van der Waals surface area contributed by atoms with Crippen molar-refractivity contribution in [3.05, 3.63) is 35.9 Å². The van der Waals surface area contributed by atoms with Gasteiger partial charge in [-0.25, -0.2) is 0 Å². The molecule has 0 N–H and O–H groups in total. The van der Waals surface area contributed by atoms with Gasteiger partial charge in [-0.05, 0) is 33.3 Å². The molecule has 0 heterocycles. The smallest absolute Gasteiger partial charge is 0.247 e. The molecule has 0 amide bonds. The Morgan fingerprint density at radius 2 is 1.23 bits per heavy atom. The molecule has 0 unspecified atom stereocenters. The second-order valence-electron chi connectivity index (χ2n) is 3.77. The average molecular weight is 315 g/mol. The summed E-state index contributed by atoms with van der Waals surface area (Å²) in [6.07, 6.45) is 0. The summed E-state index contributed by atoms with van der Waals surface area (Å²) in [6.45, 7) is 9.24. The summed E-state index contributed by atoms with van der Waals surface area (Å²) < 4.78 is 0. The van der Waals surface area contributed by atoms with Crippen molar-refractivity contribution in [3.8, 4) is 0 Å². The van der Waals surface area contributed by atoms with Gasteiger partial charge in [0.1, 0.15) is 26.4 Å². The summed E-state index contributed by atoms with van der Waals surface area (Å²) in [5.41, 5.74) is 0.220. The largest absolute Gasteiger partial charge is 0.545 e. The average Bonchev–Trinajstić information content (AvgIpc) is 2.50. The molecule has 0 aliphatic carbocycles. The Balaban J connectivity index is 0.000000425. The number of carboxylic acid groups (broad SMARTS) is 1. The van der Waals surface area contributed by atoms with Crippen LogP contribution in [0, 0.1) is 0 Å². The highest BCUT2D eigenvalue weighted by Gasteiger charge is 2.36. The predicted octanol–water partition coefficient (Wildman–Crippen LogP) is 1.66. The molecule has 1 aromatic carbocycles. The number of carbonyl (C=O) groups is 1. The highest BCUT2D eigenvalue weighted by molar-refractivity contribution is 5.85. The third kappa shape index (κ3) is 8.06. The van der Waals surface area contributed by atoms with Crippen molar-refractivity contribution < 1.29 is 34.4 Å². The van der Waals surface area contributed by atoms with Gasteiger partial charge in [-0.15, -0.1) is 0 Å². The minimum Gasteiger partial charge on any atom is -0.545 e. The Morgan fingerprint density at radius 1 is 0.864 bits per heavy atom. The first kappa shape index (κ1) is 20.5. The fraction of sp³-hybridized carbons (Fsp3) is 0.533. The van der Waals surface area contributed by atoms with Gasteiger partial charge in [0.05, 0.1) is 5.97 Å². The van der Waals surface area contributed by atoms with Gasteiger partial charge in [-0.2, -0.15) is 0 Å². The zero-order chi connectivity index (χ0) is 16.8. The minimum absolute atomic E-state index is 0.220. The zero-order valence-electron chi connectivity index (χ0n) is 13.6. The van der Waals surface area contributed by atoms with Gasteiger partial charge in [-0.3, -0.25) is 0 Å². The number of carboxylic acids is 1. The first-order valence-electron chi connectivity index (χ1n) is 7.28. The summed E-state index contributed by atoms with van der Waals surface area (Å²) in [7, 11) is 0. The monoisotopic (exact) mass is 315 g/mol. The lowest BCUT2D eigenvalue weighted by Crippen LogP contribution is -2.47. The van der Waals surface area contributed by atoms with E-state index < -0.39 is 11.1 Å². The molecule has 0 atom stereocenters. The van der Waals surface area contributed by atoms with Gasteiger partial charge in [-0.1, -0.05) is 49.7 Å². The van der Waals surface area contributed by atoms with Gasteiger partial charge in [0, 0.05) is 0 Å². The van der Waals surface area contributed by atoms with Crippen molar-refractivity contribution in [3.63, 3.8) is 0 Å². The molecule has 22 heavy (non-hydrogen) atoms. The molecule has 1 aromatic rings. The first-order chi connectivity index (χ1) is 10.5. The van der Waals surface area contributed by atoms with Crippen LogP contribution in [-0.2, 0) is 19.4 Å². The maximum Gasteiger partial charge on any atom is 0.247 e. The van der Waals surface area contributed by atoms with E-state index in [0.29, 0.717) is 26.4 Å². The van der Waals surface area contributed by atoms with Gasteiger partial charge in [0.2, 0.25) is 5.14 Å². The Hall–Kier alpha value is -1.51. The third-order valence-corrected chi connectivity index (χ3v) is 2.16. The second-order valence-corrected chi connectivity index (χ2v) is 3.77. The van der Waals surface area contributed by atoms with Crippen molar-refractivity contribution in [2.75, 3.05) is 26.4 Å². The van der Waals surface area contributed by atoms with E-state index in [1.807, 2.05) is 27.7 Å². The van der Waals surface area contributed by atoms with Crippen molar-refractivity contribution in [1.29, 1.82) is 0 Å². The molecule has 0 aliphatic heterocycles. The Kier molecular flexibility index (Phi) is 11.2. The van der Waals surface area contributed by atoms with Crippen LogP contribution in [0.5, 0.6) is 0 Å². The molecule has 7 heteroatoms. The molecular formula is C15H25NO6. The number of nitrogens with zero attached hydrogens (tertiary/aromatic N) is 1. The third-order valence-electron chi connectivity index (χ3n) is 2.16. The van der Waals surface area contributed by atoms with E-state index in [9.17, 15) is 9.90 Å². The fourth-order valence-corrected chi connectivity index (χ4v) is 1.43. The molecule has 0 aromatic heterocycles. The lowest BCUT2D eigenvalue weighted by atomic mass is 10.2. The molecule has 0 radical (unpaired) electrons. The van der Waals surface area contributed by atoms with E-state index in [0.717, 1.165) is 0 Å². The lowest BCUT2D eigenvalue weighted by molar-refractivity contribution is -1.47. The Bertz CT molecular complexity index is 369. The SMILES string of the molecule is CCO[N+](OCC)(OCC)OCC.O=C([O-])c1ccccc1. The summed E-state index contributed by atoms with van der Waals surface area (Å²) in [4.78, 5) is 31.0. The fourth-order valence-electron chi connectivity index (χ4n) is 1.43. The van der Waals surface area contributed by atoms with E-state index >= 15 is 0 Å². The summed E-state index contributed by atoms with van der Waals surface area (Å²) in [6, 6.07) is 8.06. The van der Waals surface area contributed by atoms with Crippen LogP contribution in [-0.4, -0.2) is 37.5 Å². The van der Waals surface area contributed by atoms with E-state index in [2.05, 4.69) is 0 Å². The molecule has 0 spiro atoms. The van der Waals surface area contributed by atoms with Gasteiger partial charge >= 0.3 is 0 Å². The van der Waals surface area contributed by atoms with Crippen LogP contribution in [0.1, 0.15) is 38.1 Å². The number of hydrogen-bond donors (Lipinski definition) is 0. The maximum absolute atomic E-state index is 10.1. The van der Waals surface area contributed by atoms with Gasteiger partial charge in [0.15, 0.2) is 0 Å². The molecule has 0 fully saturated rings. The number of benzene rings is 1. The van der Waals surface area contributed by atoms with Crippen LogP contribution in [0.15, 0.2) is 30.3 Å². The molecule has 0 bridgehead atoms. The minimum atomic E-state index is -1.13. The van der Waals surface area contributed by atoms with Crippen molar-refractivity contribution in [2.45, 2.75) is 27.7 Å². The van der Waals surface area contributed by atoms with Gasteiger partial charge < -0.3 is 9.90 Å². The molecule has 0 aliphatic rings. The van der Waals surface area contributed by atoms with E-state index in [1.54, 1.807) is 18.2 Å². The van der Waals surface area contributed by atoms with E-state index in [1.165, 1.54) is 12.1 Å². The van der Waals surface area contributed by atoms with Crippen molar-refractivity contribution in [2.24, 2.45) is 0 Å². The second kappa shape index (κ2) is 12.1.